The average molecular weight is 505 g/mol. The van der Waals surface area contributed by atoms with Crippen LogP contribution in [0.1, 0.15) is 25.8 Å². The second-order valence-electron chi connectivity index (χ2n) is 7.16. The second-order valence-corrected chi connectivity index (χ2v) is 7.16. The number of non-ortho nitro benzene ring substituents is 1. The SMILES string of the molecule is CN=C(NCc1ccc([N+](=O)[O-])cc1)NCC(CC(C)C)N1CCOCC1.I. The van der Waals surface area contributed by atoms with Crippen LogP contribution in [0.3, 0.4) is 0 Å². The number of rotatable bonds is 8. The van der Waals surface area contributed by atoms with Crippen LogP contribution >= 0.6 is 24.0 Å². The van der Waals surface area contributed by atoms with E-state index >= 15 is 0 Å². The summed E-state index contributed by atoms with van der Waals surface area (Å²) < 4.78 is 5.47. The van der Waals surface area contributed by atoms with Crippen molar-refractivity contribution < 1.29 is 9.66 Å². The van der Waals surface area contributed by atoms with Crippen LogP contribution < -0.4 is 10.6 Å². The maximum absolute atomic E-state index is 10.7. The third-order valence-corrected chi connectivity index (χ3v) is 4.64. The normalized spacial score (nSPS) is 16.4. The Morgan fingerprint density at radius 2 is 1.89 bits per heavy atom. The summed E-state index contributed by atoms with van der Waals surface area (Å²) in [6.07, 6.45) is 1.12. The molecule has 1 aliphatic heterocycles. The molecule has 0 bridgehead atoms. The summed E-state index contributed by atoms with van der Waals surface area (Å²) >= 11 is 0. The maximum atomic E-state index is 10.7. The van der Waals surface area contributed by atoms with Gasteiger partial charge in [-0.1, -0.05) is 26.0 Å². The summed E-state index contributed by atoms with van der Waals surface area (Å²) in [6, 6.07) is 6.99. The summed E-state index contributed by atoms with van der Waals surface area (Å²) in [4.78, 5) is 17.1. The van der Waals surface area contributed by atoms with Gasteiger partial charge in [-0.05, 0) is 17.9 Å². The smallest absolute Gasteiger partial charge is 0.269 e. The molecule has 9 heteroatoms. The highest BCUT2D eigenvalue weighted by Crippen LogP contribution is 2.13. The Morgan fingerprint density at radius 3 is 2.43 bits per heavy atom. The van der Waals surface area contributed by atoms with Gasteiger partial charge in [-0.15, -0.1) is 24.0 Å². The molecule has 1 aliphatic rings. The molecule has 0 radical (unpaired) electrons. The van der Waals surface area contributed by atoms with Crippen molar-refractivity contribution in [2.24, 2.45) is 10.9 Å². The number of morpholine rings is 1. The average Bonchev–Trinajstić information content (AvgIpc) is 2.67. The van der Waals surface area contributed by atoms with Gasteiger partial charge in [0.15, 0.2) is 5.96 Å². The van der Waals surface area contributed by atoms with Crippen LogP contribution in [0.5, 0.6) is 0 Å². The second kappa shape index (κ2) is 12.9. The van der Waals surface area contributed by atoms with E-state index in [1.807, 2.05) is 0 Å². The van der Waals surface area contributed by atoms with E-state index in [0.29, 0.717) is 18.5 Å². The Kier molecular flexibility index (Phi) is 11.3. The van der Waals surface area contributed by atoms with Crippen molar-refractivity contribution in [1.29, 1.82) is 0 Å². The highest BCUT2D eigenvalue weighted by Gasteiger charge is 2.22. The van der Waals surface area contributed by atoms with Crippen LogP contribution in [-0.4, -0.2) is 61.7 Å². The molecule has 0 aromatic heterocycles. The lowest BCUT2D eigenvalue weighted by Gasteiger charge is -2.35. The third kappa shape index (κ3) is 8.27. The summed E-state index contributed by atoms with van der Waals surface area (Å²) in [5.41, 5.74) is 1.07. The molecule has 0 saturated carbocycles. The van der Waals surface area contributed by atoms with E-state index in [2.05, 4.69) is 34.4 Å². The fraction of sp³-hybridized carbons (Fsp3) is 0.632. The number of benzene rings is 1. The van der Waals surface area contributed by atoms with Crippen LogP contribution in [0, 0.1) is 16.0 Å². The molecular weight excluding hydrogens is 473 g/mol. The minimum absolute atomic E-state index is 0. The molecule has 1 aromatic rings. The number of nitrogens with one attached hydrogen (secondary N) is 2. The minimum atomic E-state index is -0.391. The van der Waals surface area contributed by atoms with Gasteiger partial charge in [0, 0.05) is 51.4 Å². The first-order valence-corrected chi connectivity index (χ1v) is 9.49. The molecule has 1 aromatic carbocycles. The van der Waals surface area contributed by atoms with Gasteiger partial charge >= 0.3 is 0 Å². The Balaban J connectivity index is 0.00000392. The van der Waals surface area contributed by atoms with Gasteiger partial charge in [0.1, 0.15) is 0 Å². The van der Waals surface area contributed by atoms with Gasteiger partial charge in [-0.2, -0.15) is 0 Å². The van der Waals surface area contributed by atoms with Crippen LogP contribution in [0.15, 0.2) is 29.3 Å². The molecule has 1 saturated heterocycles. The topological polar surface area (TPSA) is 92.0 Å². The lowest BCUT2D eigenvalue weighted by molar-refractivity contribution is -0.384. The van der Waals surface area contributed by atoms with Crippen molar-refractivity contribution in [3.63, 3.8) is 0 Å². The number of ether oxygens (including phenoxy) is 1. The van der Waals surface area contributed by atoms with Crippen LogP contribution in [0.4, 0.5) is 5.69 Å². The fourth-order valence-corrected chi connectivity index (χ4v) is 3.20. The molecule has 1 atom stereocenters. The fourth-order valence-electron chi connectivity index (χ4n) is 3.20. The van der Waals surface area contributed by atoms with E-state index in [0.717, 1.165) is 50.8 Å². The summed E-state index contributed by atoms with van der Waals surface area (Å²) in [7, 11) is 1.75. The van der Waals surface area contributed by atoms with Crippen molar-refractivity contribution in [1.82, 2.24) is 15.5 Å². The van der Waals surface area contributed by atoms with Crippen molar-refractivity contribution in [2.45, 2.75) is 32.9 Å². The number of hydrogen-bond donors (Lipinski definition) is 2. The highest BCUT2D eigenvalue weighted by molar-refractivity contribution is 14.0. The third-order valence-electron chi connectivity index (χ3n) is 4.64. The van der Waals surface area contributed by atoms with Crippen molar-refractivity contribution in [3.05, 3.63) is 39.9 Å². The molecule has 8 nitrogen and oxygen atoms in total. The van der Waals surface area contributed by atoms with Crippen LogP contribution in [-0.2, 0) is 11.3 Å². The number of aliphatic imine (C=N–C) groups is 1. The maximum Gasteiger partial charge on any atom is 0.269 e. The van der Waals surface area contributed by atoms with Gasteiger partial charge in [0.2, 0.25) is 0 Å². The first kappa shape index (κ1) is 24.6. The minimum Gasteiger partial charge on any atom is -0.379 e. The van der Waals surface area contributed by atoms with Gasteiger partial charge < -0.3 is 15.4 Å². The zero-order valence-corrected chi connectivity index (χ0v) is 19.2. The van der Waals surface area contributed by atoms with Gasteiger partial charge in [-0.25, -0.2) is 0 Å². The van der Waals surface area contributed by atoms with E-state index < -0.39 is 4.92 Å². The van der Waals surface area contributed by atoms with E-state index in [1.165, 1.54) is 12.1 Å². The molecule has 1 heterocycles. The molecule has 0 amide bonds. The summed E-state index contributed by atoms with van der Waals surface area (Å²) in [6.45, 7) is 9.39. The molecule has 1 unspecified atom stereocenters. The zero-order chi connectivity index (χ0) is 19.6. The van der Waals surface area contributed by atoms with Crippen LogP contribution in [0.2, 0.25) is 0 Å². The number of guanidine groups is 1. The molecule has 28 heavy (non-hydrogen) atoms. The molecule has 0 spiro atoms. The zero-order valence-electron chi connectivity index (χ0n) is 16.9. The number of halogens is 1. The predicted octanol–water partition coefficient (Wildman–Crippen LogP) is 2.62. The molecule has 1 fully saturated rings. The van der Waals surface area contributed by atoms with Crippen molar-refractivity contribution in [3.8, 4) is 0 Å². The Labute approximate surface area is 184 Å². The summed E-state index contributed by atoms with van der Waals surface area (Å²) in [5.74, 6) is 1.35. The van der Waals surface area contributed by atoms with Crippen molar-refractivity contribution >= 4 is 35.6 Å². The first-order valence-electron chi connectivity index (χ1n) is 9.49. The largest absolute Gasteiger partial charge is 0.379 e. The van der Waals surface area contributed by atoms with E-state index in [4.69, 9.17) is 4.74 Å². The number of nitrogens with zero attached hydrogens (tertiary/aromatic N) is 3. The molecular formula is C19H32IN5O3. The number of nitro benzene ring substituents is 1. The van der Waals surface area contributed by atoms with E-state index in [9.17, 15) is 10.1 Å². The quantitative estimate of drug-likeness (QED) is 0.186. The number of nitro groups is 1. The predicted molar refractivity (Wildman–Crippen MR) is 122 cm³/mol. The van der Waals surface area contributed by atoms with E-state index in [1.54, 1.807) is 19.2 Å². The van der Waals surface area contributed by atoms with Gasteiger partial charge in [0.25, 0.3) is 5.69 Å². The van der Waals surface area contributed by atoms with Crippen LogP contribution in [0.25, 0.3) is 0 Å². The molecule has 2 rings (SSSR count). The van der Waals surface area contributed by atoms with Gasteiger partial charge in [0.05, 0.1) is 18.1 Å². The Bertz CT molecular complexity index is 619. The lowest BCUT2D eigenvalue weighted by atomic mass is 10.0. The Hall–Kier alpha value is -1.46. The standard InChI is InChI=1S/C19H31N5O3.HI/c1-15(2)12-18(23-8-10-27-11-9-23)14-22-19(20-3)21-13-16-4-6-17(7-5-16)24(25)26;/h4-7,15,18H,8-14H2,1-3H3,(H2,20,21,22);1H. The Morgan fingerprint density at radius 1 is 1.25 bits per heavy atom. The molecule has 2 N–H and O–H groups in total. The molecule has 158 valence electrons. The molecule has 0 aliphatic carbocycles. The van der Waals surface area contributed by atoms with Crippen molar-refractivity contribution in [2.75, 3.05) is 39.9 Å². The van der Waals surface area contributed by atoms with E-state index in [-0.39, 0.29) is 29.7 Å². The highest BCUT2D eigenvalue weighted by atomic mass is 127. The summed E-state index contributed by atoms with van der Waals surface area (Å²) in [5, 5.41) is 17.4. The van der Waals surface area contributed by atoms with Gasteiger partial charge in [-0.3, -0.25) is 20.0 Å². The monoisotopic (exact) mass is 505 g/mol. The first-order chi connectivity index (χ1) is 13.0. The lowest BCUT2D eigenvalue weighted by Crippen LogP contribution is -2.50. The number of hydrogen-bond acceptors (Lipinski definition) is 5.